The first-order chi connectivity index (χ1) is 7.11. The molecule has 0 aromatic carbocycles. The van der Waals surface area contributed by atoms with Crippen molar-refractivity contribution in [1.82, 2.24) is 10.6 Å². The molecule has 1 rings (SSSR count). The minimum atomic E-state index is 0.0560. The minimum Gasteiger partial charge on any atom is -0.353 e. The van der Waals surface area contributed by atoms with E-state index in [1.54, 1.807) is 0 Å². The van der Waals surface area contributed by atoms with Gasteiger partial charge in [-0.15, -0.1) is 0 Å². The molecule has 0 spiro atoms. The van der Waals surface area contributed by atoms with E-state index in [2.05, 4.69) is 17.2 Å². The van der Waals surface area contributed by atoms with Gasteiger partial charge in [-0.05, 0) is 19.8 Å². The van der Waals surface area contributed by atoms with Gasteiger partial charge in [0.05, 0.1) is 0 Å². The standard InChI is InChI=1S/C11H21N3O/c1-8(2)7-13-10(6-12)5-11(15)14-9-3-4-9/h9-10,13H,1,3-7,12H2,2H3,(H,14,15). The van der Waals surface area contributed by atoms with Crippen molar-refractivity contribution in [3.8, 4) is 0 Å². The number of carbonyl (C=O) groups is 1. The molecule has 1 atom stereocenters. The monoisotopic (exact) mass is 211 g/mol. The largest absolute Gasteiger partial charge is 0.353 e. The summed E-state index contributed by atoms with van der Waals surface area (Å²) in [5.41, 5.74) is 6.63. The molecule has 0 aromatic heterocycles. The maximum absolute atomic E-state index is 11.5. The van der Waals surface area contributed by atoms with E-state index in [-0.39, 0.29) is 11.9 Å². The summed E-state index contributed by atoms with van der Waals surface area (Å²) in [5.74, 6) is 0.0992. The molecule has 15 heavy (non-hydrogen) atoms. The SMILES string of the molecule is C=C(C)CNC(CN)CC(=O)NC1CC1. The Labute approximate surface area is 91.3 Å². The zero-order valence-electron chi connectivity index (χ0n) is 9.38. The van der Waals surface area contributed by atoms with Crippen LogP contribution in [-0.4, -0.2) is 31.1 Å². The van der Waals surface area contributed by atoms with E-state index in [4.69, 9.17) is 5.73 Å². The fourth-order valence-electron chi connectivity index (χ4n) is 1.30. The van der Waals surface area contributed by atoms with E-state index in [9.17, 15) is 4.79 Å². The van der Waals surface area contributed by atoms with E-state index >= 15 is 0 Å². The lowest BCUT2D eigenvalue weighted by Gasteiger charge is -2.16. The molecule has 4 N–H and O–H groups in total. The van der Waals surface area contributed by atoms with Gasteiger partial charge in [-0.1, -0.05) is 12.2 Å². The van der Waals surface area contributed by atoms with Crippen LogP contribution in [0, 0.1) is 0 Å². The summed E-state index contributed by atoms with van der Waals surface area (Å²) in [6.07, 6.45) is 2.71. The van der Waals surface area contributed by atoms with Gasteiger partial charge in [0.25, 0.3) is 0 Å². The van der Waals surface area contributed by atoms with Gasteiger partial charge in [-0.3, -0.25) is 4.79 Å². The van der Waals surface area contributed by atoms with Gasteiger partial charge in [0.15, 0.2) is 0 Å². The molecule has 1 saturated carbocycles. The zero-order chi connectivity index (χ0) is 11.3. The summed E-state index contributed by atoms with van der Waals surface area (Å²) in [4.78, 5) is 11.5. The van der Waals surface area contributed by atoms with Crippen LogP contribution in [0.2, 0.25) is 0 Å². The van der Waals surface area contributed by atoms with Crippen LogP contribution in [0.25, 0.3) is 0 Å². The summed E-state index contributed by atoms with van der Waals surface area (Å²) in [5, 5.41) is 6.16. The summed E-state index contributed by atoms with van der Waals surface area (Å²) in [7, 11) is 0. The summed E-state index contributed by atoms with van der Waals surface area (Å²) >= 11 is 0. The number of carbonyl (C=O) groups excluding carboxylic acids is 1. The molecular formula is C11H21N3O. The van der Waals surface area contributed by atoms with Crippen LogP contribution in [0.15, 0.2) is 12.2 Å². The molecule has 1 fully saturated rings. The number of nitrogens with two attached hydrogens (primary N) is 1. The summed E-state index contributed by atoms with van der Waals surface area (Å²) < 4.78 is 0. The van der Waals surface area contributed by atoms with Gasteiger partial charge < -0.3 is 16.4 Å². The first-order valence-corrected chi connectivity index (χ1v) is 5.49. The van der Waals surface area contributed by atoms with Crippen LogP contribution in [0.5, 0.6) is 0 Å². The third kappa shape index (κ3) is 5.54. The lowest BCUT2D eigenvalue weighted by molar-refractivity contribution is -0.121. The molecule has 1 amide bonds. The van der Waals surface area contributed by atoms with Crippen molar-refractivity contribution in [1.29, 1.82) is 0 Å². The Morgan fingerprint density at radius 1 is 1.60 bits per heavy atom. The van der Waals surface area contributed by atoms with Crippen molar-refractivity contribution >= 4 is 5.91 Å². The highest BCUT2D eigenvalue weighted by atomic mass is 16.1. The van der Waals surface area contributed by atoms with Gasteiger partial charge in [-0.25, -0.2) is 0 Å². The third-order valence-electron chi connectivity index (χ3n) is 2.35. The Morgan fingerprint density at radius 2 is 2.27 bits per heavy atom. The Hall–Kier alpha value is -0.870. The molecule has 0 radical (unpaired) electrons. The second-order valence-corrected chi connectivity index (χ2v) is 4.32. The lowest BCUT2D eigenvalue weighted by Crippen LogP contribution is -2.41. The van der Waals surface area contributed by atoms with Crippen molar-refractivity contribution in [3.63, 3.8) is 0 Å². The van der Waals surface area contributed by atoms with Crippen molar-refractivity contribution in [3.05, 3.63) is 12.2 Å². The maximum atomic E-state index is 11.5. The van der Waals surface area contributed by atoms with Gasteiger partial charge >= 0.3 is 0 Å². The Morgan fingerprint density at radius 3 is 2.73 bits per heavy atom. The van der Waals surface area contributed by atoms with E-state index in [1.807, 2.05) is 6.92 Å². The Bertz CT molecular complexity index is 236. The Kier molecular flexibility index (Phi) is 4.78. The minimum absolute atomic E-state index is 0.0560. The average Bonchev–Trinajstić information content (AvgIpc) is 2.95. The molecule has 4 nitrogen and oxygen atoms in total. The van der Waals surface area contributed by atoms with Crippen LogP contribution >= 0.6 is 0 Å². The smallest absolute Gasteiger partial charge is 0.221 e. The van der Waals surface area contributed by atoms with Crippen LogP contribution < -0.4 is 16.4 Å². The highest BCUT2D eigenvalue weighted by Gasteiger charge is 2.24. The topological polar surface area (TPSA) is 67.1 Å². The molecule has 0 aliphatic heterocycles. The fourth-order valence-corrected chi connectivity index (χ4v) is 1.30. The second-order valence-electron chi connectivity index (χ2n) is 4.32. The number of hydrogen-bond acceptors (Lipinski definition) is 3. The third-order valence-corrected chi connectivity index (χ3v) is 2.35. The predicted molar refractivity (Wildman–Crippen MR) is 61.4 cm³/mol. The zero-order valence-corrected chi connectivity index (χ0v) is 9.38. The average molecular weight is 211 g/mol. The molecule has 4 heteroatoms. The maximum Gasteiger partial charge on any atom is 0.221 e. The molecular weight excluding hydrogens is 190 g/mol. The highest BCUT2D eigenvalue weighted by molar-refractivity contribution is 5.77. The van der Waals surface area contributed by atoms with E-state index in [0.29, 0.717) is 19.0 Å². The quantitative estimate of drug-likeness (QED) is 0.525. The second kappa shape index (κ2) is 5.88. The van der Waals surface area contributed by atoms with Crippen LogP contribution in [-0.2, 0) is 4.79 Å². The van der Waals surface area contributed by atoms with E-state index in [0.717, 1.165) is 25.0 Å². The highest BCUT2D eigenvalue weighted by Crippen LogP contribution is 2.18. The van der Waals surface area contributed by atoms with Crippen molar-refractivity contribution in [2.45, 2.75) is 38.3 Å². The van der Waals surface area contributed by atoms with Gasteiger partial charge in [0, 0.05) is 31.6 Å². The lowest BCUT2D eigenvalue weighted by atomic mass is 10.2. The van der Waals surface area contributed by atoms with Crippen molar-refractivity contribution < 1.29 is 4.79 Å². The molecule has 0 bridgehead atoms. The Balaban J connectivity index is 2.18. The summed E-state index contributed by atoms with van der Waals surface area (Å²) in [6.45, 7) is 6.94. The molecule has 1 unspecified atom stereocenters. The summed E-state index contributed by atoms with van der Waals surface area (Å²) in [6, 6.07) is 0.484. The first kappa shape index (κ1) is 12.2. The molecule has 86 valence electrons. The van der Waals surface area contributed by atoms with Gasteiger partial charge in [0.2, 0.25) is 5.91 Å². The molecule has 0 saturated heterocycles. The molecule has 0 heterocycles. The number of amides is 1. The van der Waals surface area contributed by atoms with Crippen LogP contribution in [0.3, 0.4) is 0 Å². The number of nitrogens with one attached hydrogen (secondary N) is 2. The molecule has 1 aliphatic carbocycles. The molecule has 0 aromatic rings. The predicted octanol–water partition coefficient (Wildman–Crippen LogP) is 0.148. The first-order valence-electron chi connectivity index (χ1n) is 5.49. The fraction of sp³-hybridized carbons (Fsp3) is 0.727. The van der Waals surface area contributed by atoms with Crippen LogP contribution in [0.1, 0.15) is 26.2 Å². The van der Waals surface area contributed by atoms with Crippen molar-refractivity contribution in [2.75, 3.05) is 13.1 Å². The van der Waals surface area contributed by atoms with E-state index in [1.165, 1.54) is 0 Å². The van der Waals surface area contributed by atoms with Gasteiger partial charge in [0.1, 0.15) is 0 Å². The number of rotatable bonds is 7. The van der Waals surface area contributed by atoms with Crippen LogP contribution in [0.4, 0.5) is 0 Å². The van der Waals surface area contributed by atoms with Crippen molar-refractivity contribution in [2.24, 2.45) is 5.73 Å². The molecule has 1 aliphatic rings. The normalized spacial score (nSPS) is 17.2. The number of hydrogen-bond donors (Lipinski definition) is 3. The van der Waals surface area contributed by atoms with E-state index < -0.39 is 0 Å². The van der Waals surface area contributed by atoms with Gasteiger partial charge in [-0.2, -0.15) is 0 Å².